The molecule has 2 aromatic rings. The van der Waals surface area contributed by atoms with Crippen molar-refractivity contribution in [1.29, 1.82) is 0 Å². The molecule has 2 aromatic carbocycles. The highest BCUT2D eigenvalue weighted by molar-refractivity contribution is 5.96. The minimum atomic E-state index is -0.206. The number of benzene rings is 2. The van der Waals surface area contributed by atoms with Crippen molar-refractivity contribution in [3.8, 4) is 0 Å². The first-order valence-electron chi connectivity index (χ1n) is 8.77. The van der Waals surface area contributed by atoms with E-state index < -0.39 is 0 Å². The molecule has 0 aliphatic rings. The van der Waals surface area contributed by atoms with E-state index in [0.29, 0.717) is 17.7 Å². The molecule has 0 atom stereocenters. The van der Waals surface area contributed by atoms with Gasteiger partial charge in [0.15, 0.2) is 0 Å². The fourth-order valence-electron chi connectivity index (χ4n) is 2.36. The molecule has 27 heavy (non-hydrogen) atoms. The Morgan fingerprint density at radius 1 is 0.778 bits per heavy atom. The minimum Gasteiger partial charge on any atom is -0.376 e. The smallest absolute Gasteiger partial charge is 0.251 e. The number of hydrogen-bond acceptors (Lipinski definition) is 4. The van der Waals surface area contributed by atoms with Gasteiger partial charge in [-0.25, -0.2) is 0 Å². The maximum Gasteiger partial charge on any atom is 0.251 e. The predicted molar refractivity (Wildman–Crippen MR) is 107 cm³/mol. The molecule has 142 valence electrons. The Hall–Kier alpha value is -3.35. The minimum absolute atomic E-state index is 0.0139. The largest absolute Gasteiger partial charge is 0.376 e. The number of anilines is 3. The van der Waals surface area contributed by atoms with Crippen molar-refractivity contribution >= 4 is 34.8 Å². The summed E-state index contributed by atoms with van der Waals surface area (Å²) in [6, 6.07) is 13.8. The Morgan fingerprint density at radius 3 is 1.85 bits per heavy atom. The van der Waals surface area contributed by atoms with Crippen LogP contribution in [-0.2, 0) is 9.59 Å². The Morgan fingerprint density at radius 2 is 1.30 bits per heavy atom. The van der Waals surface area contributed by atoms with Crippen LogP contribution in [0, 0.1) is 0 Å². The quantitative estimate of drug-likeness (QED) is 0.576. The molecule has 7 heteroatoms. The standard InChI is InChI=1S/C20H24N4O3/c1-3-4-18(25)23-17-11-9-15(10-12-17)22-13-19(26)24-16-7-5-14(6-8-16)20(27)21-2/h5-12,22H,3-4,13H2,1-2H3,(H,21,27)(H,23,25)(H,24,26). The van der Waals surface area contributed by atoms with Gasteiger partial charge in [-0.2, -0.15) is 0 Å². The molecule has 0 fully saturated rings. The molecular formula is C20H24N4O3. The average molecular weight is 368 g/mol. The van der Waals surface area contributed by atoms with E-state index in [9.17, 15) is 14.4 Å². The van der Waals surface area contributed by atoms with Crippen molar-refractivity contribution in [3.63, 3.8) is 0 Å². The van der Waals surface area contributed by atoms with Crippen LogP contribution in [0.5, 0.6) is 0 Å². The first kappa shape index (κ1) is 20.0. The van der Waals surface area contributed by atoms with Crippen LogP contribution in [0.2, 0.25) is 0 Å². The van der Waals surface area contributed by atoms with Gasteiger partial charge in [-0.15, -0.1) is 0 Å². The molecule has 0 unspecified atom stereocenters. The molecular weight excluding hydrogens is 344 g/mol. The Bertz CT molecular complexity index is 786. The van der Waals surface area contributed by atoms with Crippen LogP contribution in [-0.4, -0.2) is 31.3 Å². The van der Waals surface area contributed by atoms with E-state index in [1.54, 1.807) is 55.6 Å². The zero-order chi connectivity index (χ0) is 19.6. The van der Waals surface area contributed by atoms with Crippen molar-refractivity contribution in [2.45, 2.75) is 19.8 Å². The predicted octanol–water partition coefficient (Wildman–Crippen LogP) is 2.84. The SMILES string of the molecule is CCCC(=O)Nc1ccc(NCC(=O)Nc2ccc(C(=O)NC)cc2)cc1. The van der Waals surface area contributed by atoms with Crippen molar-refractivity contribution in [1.82, 2.24) is 5.32 Å². The first-order valence-corrected chi connectivity index (χ1v) is 8.77. The Kier molecular flexibility index (Phi) is 7.37. The molecule has 0 aliphatic carbocycles. The number of hydrogen-bond donors (Lipinski definition) is 4. The third-order valence-electron chi connectivity index (χ3n) is 3.76. The van der Waals surface area contributed by atoms with Crippen molar-refractivity contribution < 1.29 is 14.4 Å². The van der Waals surface area contributed by atoms with Gasteiger partial charge in [0.05, 0.1) is 6.54 Å². The fourth-order valence-corrected chi connectivity index (χ4v) is 2.36. The van der Waals surface area contributed by atoms with E-state index in [4.69, 9.17) is 0 Å². The molecule has 0 radical (unpaired) electrons. The molecule has 4 N–H and O–H groups in total. The van der Waals surface area contributed by atoms with Crippen LogP contribution in [0.1, 0.15) is 30.1 Å². The molecule has 2 rings (SSSR count). The third kappa shape index (κ3) is 6.47. The van der Waals surface area contributed by atoms with Gasteiger partial charge in [0.1, 0.15) is 0 Å². The number of carbonyl (C=O) groups excluding carboxylic acids is 3. The normalized spacial score (nSPS) is 10.0. The molecule has 3 amide bonds. The fraction of sp³-hybridized carbons (Fsp3) is 0.250. The van der Waals surface area contributed by atoms with Crippen LogP contribution >= 0.6 is 0 Å². The van der Waals surface area contributed by atoms with Crippen molar-refractivity contribution in [3.05, 3.63) is 54.1 Å². The van der Waals surface area contributed by atoms with Gasteiger partial charge < -0.3 is 21.3 Å². The zero-order valence-corrected chi connectivity index (χ0v) is 15.5. The van der Waals surface area contributed by atoms with E-state index in [1.807, 2.05) is 6.92 Å². The van der Waals surface area contributed by atoms with Crippen LogP contribution in [0.4, 0.5) is 17.1 Å². The van der Waals surface area contributed by atoms with Gasteiger partial charge in [0, 0.05) is 36.1 Å². The van der Waals surface area contributed by atoms with Gasteiger partial charge in [0.2, 0.25) is 11.8 Å². The van der Waals surface area contributed by atoms with Gasteiger partial charge in [-0.3, -0.25) is 14.4 Å². The number of amides is 3. The molecule has 0 heterocycles. The van der Waals surface area contributed by atoms with Gasteiger partial charge in [-0.05, 0) is 55.0 Å². The summed E-state index contributed by atoms with van der Waals surface area (Å²) in [5, 5.41) is 11.1. The Labute approximate surface area is 158 Å². The summed E-state index contributed by atoms with van der Waals surface area (Å²) in [6.07, 6.45) is 1.29. The molecule has 0 aromatic heterocycles. The summed E-state index contributed by atoms with van der Waals surface area (Å²) in [4.78, 5) is 35.1. The molecule has 0 saturated carbocycles. The Balaban J connectivity index is 1.81. The third-order valence-corrected chi connectivity index (χ3v) is 3.76. The van der Waals surface area contributed by atoms with Crippen molar-refractivity contribution in [2.75, 3.05) is 29.5 Å². The summed E-state index contributed by atoms with van der Waals surface area (Å²) >= 11 is 0. The van der Waals surface area contributed by atoms with Crippen molar-refractivity contribution in [2.24, 2.45) is 0 Å². The van der Waals surface area contributed by atoms with Crippen LogP contribution in [0.15, 0.2) is 48.5 Å². The highest BCUT2D eigenvalue weighted by Gasteiger charge is 2.06. The summed E-state index contributed by atoms with van der Waals surface area (Å²) < 4.78 is 0. The van der Waals surface area contributed by atoms with E-state index in [1.165, 1.54) is 0 Å². The number of nitrogens with one attached hydrogen (secondary N) is 4. The summed E-state index contributed by atoms with van der Waals surface area (Å²) in [6.45, 7) is 2.05. The molecule has 0 bridgehead atoms. The summed E-state index contributed by atoms with van der Waals surface area (Å²) in [5.74, 6) is -0.396. The molecule has 0 saturated heterocycles. The van der Waals surface area contributed by atoms with Crippen LogP contribution in [0.3, 0.4) is 0 Å². The van der Waals surface area contributed by atoms with E-state index in [-0.39, 0.29) is 24.3 Å². The number of rotatable bonds is 8. The van der Waals surface area contributed by atoms with E-state index in [0.717, 1.165) is 17.8 Å². The average Bonchev–Trinajstić information content (AvgIpc) is 2.67. The number of carbonyl (C=O) groups is 3. The lowest BCUT2D eigenvalue weighted by Crippen LogP contribution is -2.22. The topological polar surface area (TPSA) is 99.3 Å². The lowest BCUT2D eigenvalue weighted by Gasteiger charge is -2.09. The van der Waals surface area contributed by atoms with Crippen LogP contribution in [0.25, 0.3) is 0 Å². The summed E-state index contributed by atoms with van der Waals surface area (Å²) in [5.41, 5.74) is 2.64. The molecule has 0 spiro atoms. The lowest BCUT2D eigenvalue weighted by atomic mass is 10.2. The van der Waals surface area contributed by atoms with Crippen LogP contribution < -0.4 is 21.3 Å². The summed E-state index contributed by atoms with van der Waals surface area (Å²) in [7, 11) is 1.56. The second kappa shape index (κ2) is 9.96. The van der Waals surface area contributed by atoms with Gasteiger partial charge >= 0.3 is 0 Å². The van der Waals surface area contributed by atoms with Gasteiger partial charge in [-0.1, -0.05) is 6.92 Å². The zero-order valence-electron chi connectivity index (χ0n) is 15.5. The second-order valence-corrected chi connectivity index (χ2v) is 5.93. The van der Waals surface area contributed by atoms with E-state index in [2.05, 4.69) is 21.3 Å². The maximum atomic E-state index is 12.0. The maximum absolute atomic E-state index is 12.0. The van der Waals surface area contributed by atoms with Gasteiger partial charge in [0.25, 0.3) is 5.91 Å². The molecule has 7 nitrogen and oxygen atoms in total. The first-order chi connectivity index (χ1) is 13.0. The highest BCUT2D eigenvalue weighted by atomic mass is 16.2. The lowest BCUT2D eigenvalue weighted by molar-refractivity contribution is -0.116. The van der Waals surface area contributed by atoms with E-state index >= 15 is 0 Å². The molecule has 0 aliphatic heterocycles. The highest BCUT2D eigenvalue weighted by Crippen LogP contribution is 2.14. The monoisotopic (exact) mass is 368 g/mol. The second-order valence-electron chi connectivity index (χ2n) is 5.93.